The summed E-state index contributed by atoms with van der Waals surface area (Å²) in [4.78, 5) is 9.32. The van der Waals surface area contributed by atoms with Gasteiger partial charge in [-0.15, -0.1) is 0 Å². The number of hydrogen-bond donors (Lipinski definition) is 2. The van der Waals surface area contributed by atoms with Crippen LogP contribution in [0.25, 0.3) is 0 Å². The molecule has 0 aromatic heterocycles. The number of carboxylic acids is 1. The van der Waals surface area contributed by atoms with Crippen molar-refractivity contribution in [3.63, 3.8) is 0 Å². The molecule has 0 aromatic rings. The number of rotatable bonds is 1. The molecule has 1 rings (SSSR count). The maximum atomic E-state index is 9.32. The highest BCUT2D eigenvalue weighted by Gasteiger charge is 1.92. The van der Waals surface area contributed by atoms with Crippen molar-refractivity contribution in [3.05, 3.63) is 0 Å². The van der Waals surface area contributed by atoms with Gasteiger partial charge in [-0.05, 0) is 0 Å². The molecule has 0 aliphatic carbocycles. The number of alkyl halides is 1. The Morgan fingerprint density at radius 1 is 1.55 bits per heavy atom. The van der Waals surface area contributed by atoms with E-state index in [9.17, 15) is 4.79 Å². The van der Waals surface area contributed by atoms with Gasteiger partial charge in [-0.2, -0.15) is 0 Å². The first-order valence-electron chi connectivity index (χ1n) is 3.33. The summed E-state index contributed by atoms with van der Waals surface area (Å²) < 4.78 is 5.01. The third-order valence-electron chi connectivity index (χ3n) is 0.961. The Balaban J connectivity index is 0.000000187. The molecule has 0 atom stereocenters. The van der Waals surface area contributed by atoms with Crippen LogP contribution in [0.1, 0.15) is 0 Å². The molecule has 1 aliphatic heterocycles. The van der Waals surface area contributed by atoms with E-state index in [4.69, 9.17) is 9.84 Å². The molecule has 2 N–H and O–H groups in total. The maximum absolute atomic E-state index is 9.32. The van der Waals surface area contributed by atoms with Gasteiger partial charge in [0.25, 0.3) is 0 Å². The molecule has 0 bridgehead atoms. The molecule has 0 unspecified atom stereocenters. The van der Waals surface area contributed by atoms with Crippen LogP contribution < -0.4 is 5.32 Å². The first-order valence-corrected chi connectivity index (χ1v) is 4.45. The summed E-state index contributed by atoms with van der Waals surface area (Å²) in [6, 6.07) is 0. The van der Waals surface area contributed by atoms with Crippen molar-refractivity contribution in [2.45, 2.75) is 0 Å². The van der Waals surface area contributed by atoms with E-state index >= 15 is 0 Å². The molecule has 1 saturated heterocycles. The van der Waals surface area contributed by atoms with Crippen LogP contribution in [0.2, 0.25) is 0 Å². The average molecular weight is 226 g/mol. The molecule has 0 saturated carbocycles. The lowest BCUT2D eigenvalue weighted by Gasteiger charge is -2.10. The van der Waals surface area contributed by atoms with E-state index in [0.717, 1.165) is 26.3 Å². The molecule has 0 amide bonds. The minimum atomic E-state index is -0.829. The Bertz CT molecular complexity index is 94.5. The second kappa shape index (κ2) is 7.97. The van der Waals surface area contributed by atoms with E-state index in [2.05, 4.69) is 21.2 Å². The SMILES string of the molecule is C1COCCN1.O=C(O)CBr. The van der Waals surface area contributed by atoms with E-state index in [1.54, 1.807) is 0 Å². The molecule has 5 heteroatoms. The predicted octanol–water partition coefficient (Wildman–Crippen LogP) is 0.0721. The third-order valence-corrected chi connectivity index (χ3v) is 1.44. The molecule has 1 heterocycles. The van der Waals surface area contributed by atoms with Crippen LogP contribution in [0.15, 0.2) is 0 Å². The van der Waals surface area contributed by atoms with Crippen LogP contribution in [0.3, 0.4) is 0 Å². The Morgan fingerprint density at radius 2 is 2.00 bits per heavy atom. The first-order chi connectivity index (χ1) is 5.27. The first kappa shape index (κ1) is 10.9. The van der Waals surface area contributed by atoms with E-state index < -0.39 is 5.97 Å². The Hall–Kier alpha value is -0.130. The molecule has 0 spiro atoms. The zero-order valence-electron chi connectivity index (χ0n) is 6.18. The number of morpholine rings is 1. The lowest BCUT2D eigenvalue weighted by atomic mass is 10.5. The average Bonchev–Trinajstić information content (AvgIpc) is 2.09. The fraction of sp³-hybridized carbons (Fsp3) is 0.833. The molecule has 0 aromatic carbocycles. The molecule has 4 nitrogen and oxygen atoms in total. The summed E-state index contributed by atoms with van der Waals surface area (Å²) in [7, 11) is 0. The van der Waals surface area contributed by atoms with Gasteiger partial charge in [0.1, 0.15) is 5.33 Å². The van der Waals surface area contributed by atoms with Gasteiger partial charge in [-0.3, -0.25) is 4.79 Å². The number of halogens is 1. The summed E-state index contributed by atoms with van der Waals surface area (Å²) in [5.41, 5.74) is 0. The van der Waals surface area contributed by atoms with E-state index in [1.165, 1.54) is 0 Å². The molecular formula is C6H12BrNO3. The van der Waals surface area contributed by atoms with Crippen LogP contribution in [0.4, 0.5) is 0 Å². The molecule has 11 heavy (non-hydrogen) atoms. The van der Waals surface area contributed by atoms with Gasteiger partial charge in [0.2, 0.25) is 0 Å². The van der Waals surface area contributed by atoms with Crippen LogP contribution in [-0.4, -0.2) is 42.7 Å². The van der Waals surface area contributed by atoms with Gasteiger partial charge in [-0.25, -0.2) is 0 Å². The van der Waals surface area contributed by atoms with Crippen molar-refractivity contribution in [1.82, 2.24) is 5.32 Å². The van der Waals surface area contributed by atoms with Gasteiger partial charge in [0.15, 0.2) is 0 Å². The van der Waals surface area contributed by atoms with Gasteiger partial charge >= 0.3 is 5.97 Å². The number of nitrogens with one attached hydrogen (secondary N) is 1. The molecule has 1 aliphatic rings. The second-order valence-corrected chi connectivity index (χ2v) is 2.45. The molecule has 0 radical (unpaired) electrons. The molecular weight excluding hydrogens is 214 g/mol. The van der Waals surface area contributed by atoms with Crippen molar-refractivity contribution in [3.8, 4) is 0 Å². The summed E-state index contributed by atoms with van der Waals surface area (Å²) in [5, 5.41) is 10.9. The quantitative estimate of drug-likeness (QED) is 0.621. The fourth-order valence-electron chi connectivity index (χ4n) is 0.516. The van der Waals surface area contributed by atoms with Crippen molar-refractivity contribution in [2.75, 3.05) is 31.6 Å². The minimum absolute atomic E-state index is 0.0347. The highest BCUT2D eigenvalue weighted by molar-refractivity contribution is 9.09. The van der Waals surface area contributed by atoms with Crippen LogP contribution in [-0.2, 0) is 9.53 Å². The second-order valence-electron chi connectivity index (χ2n) is 1.89. The van der Waals surface area contributed by atoms with E-state index in [-0.39, 0.29) is 5.33 Å². The summed E-state index contributed by atoms with van der Waals surface area (Å²) in [5.74, 6) is -0.829. The fourth-order valence-corrected chi connectivity index (χ4v) is 0.516. The zero-order chi connectivity index (χ0) is 8.53. The number of aliphatic carboxylic acids is 1. The molecule has 1 fully saturated rings. The standard InChI is InChI=1S/C4H9NO.C2H3BrO2/c1-3-6-4-2-5-1;3-1-2(4)5/h5H,1-4H2;1H2,(H,4,5). The summed E-state index contributed by atoms with van der Waals surface area (Å²) in [6.45, 7) is 3.83. The number of carboxylic acid groups (broad SMARTS) is 1. The largest absolute Gasteiger partial charge is 0.481 e. The Kier molecular flexibility index (Phi) is 7.88. The van der Waals surface area contributed by atoms with E-state index in [0.29, 0.717) is 0 Å². The topological polar surface area (TPSA) is 58.6 Å². The number of hydrogen-bond acceptors (Lipinski definition) is 3. The summed E-state index contributed by atoms with van der Waals surface area (Å²) >= 11 is 2.71. The highest BCUT2D eigenvalue weighted by atomic mass is 79.9. The highest BCUT2D eigenvalue weighted by Crippen LogP contribution is 1.76. The smallest absolute Gasteiger partial charge is 0.314 e. The lowest BCUT2D eigenvalue weighted by Crippen LogP contribution is -2.30. The van der Waals surface area contributed by atoms with Gasteiger partial charge < -0.3 is 15.2 Å². The lowest BCUT2D eigenvalue weighted by molar-refractivity contribution is -0.133. The van der Waals surface area contributed by atoms with Crippen molar-refractivity contribution >= 4 is 21.9 Å². The molecule has 66 valence electrons. The number of carbonyl (C=O) groups is 1. The van der Waals surface area contributed by atoms with Gasteiger partial charge in [0, 0.05) is 13.1 Å². The van der Waals surface area contributed by atoms with E-state index in [1.807, 2.05) is 0 Å². The van der Waals surface area contributed by atoms with Gasteiger partial charge in [-0.1, -0.05) is 15.9 Å². The van der Waals surface area contributed by atoms with Crippen LogP contribution >= 0.6 is 15.9 Å². The van der Waals surface area contributed by atoms with Crippen molar-refractivity contribution in [2.24, 2.45) is 0 Å². The summed E-state index contributed by atoms with van der Waals surface area (Å²) in [6.07, 6.45) is 0. The normalized spacial score (nSPS) is 16.5. The van der Waals surface area contributed by atoms with Crippen LogP contribution in [0, 0.1) is 0 Å². The van der Waals surface area contributed by atoms with Crippen molar-refractivity contribution in [1.29, 1.82) is 0 Å². The van der Waals surface area contributed by atoms with Crippen molar-refractivity contribution < 1.29 is 14.6 Å². The zero-order valence-corrected chi connectivity index (χ0v) is 7.76. The number of ether oxygens (including phenoxy) is 1. The van der Waals surface area contributed by atoms with Crippen LogP contribution in [0.5, 0.6) is 0 Å². The maximum Gasteiger partial charge on any atom is 0.314 e. The Morgan fingerprint density at radius 3 is 2.09 bits per heavy atom. The Labute approximate surface area is 74.1 Å². The third kappa shape index (κ3) is 9.87. The monoisotopic (exact) mass is 225 g/mol. The minimum Gasteiger partial charge on any atom is -0.481 e. The predicted molar refractivity (Wildman–Crippen MR) is 45.1 cm³/mol. The van der Waals surface area contributed by atoms with Gasteiger partial charge in [0.05, 0.1) is 13.2 Å².